The van der Waals surface area contributed by atoms with Gasteiger partial charge in [-0.05, 0) is 27.3 Å². The van der Waals surface area contributed by atoms with Crippen LogP contribution in [0.5, 0.6) is 0 Å². The van der Waals surface area contributed by atoms with Gasteiger partial charge in [0.1, 0.15) is 16.5 Å². The van der Waals surface area contributed by atoms with Gasteiger partial charge in [0.15, 0.2) is 5.01 Å². The normalized spacial score (nSPS) is 11.0. The summed E-state index contributed by atoms with van der Waals surface area (Å²) in [7, 11) is 0. The third-order valence-corrected chi connectivity index (χ3v) is 3.60. The molecule has 16 heavy (non-hydrogen) atoms. The lowest BCUT2D eigenvalue weighted by molar-refractivity contribution is 0.503. The zero-order chi connectivity index (χ0) is 11.7. The average Bonchev–Trinajstić information content (AvgIpc) is 2.75. The molecule has 4 nitrogen and oxygen atoms in total. The average molecular weight is 237 g/mol. The van der Waals surface area contributed by atoms with Crippen molar-refractivity contribution < 1.29 is 4.42 Å². The Hall–Kier alpha value is -1.20. The summed E-state index contributed by atoms with van der Waals surface area (Å²) in [4.78, 5) is 0. The molecule has 0 aliphatic carbocycles. The minimum absolute atomic E-state index is 0.608. The van der Waals surface area contributed by atoms with Crippen molar-refractivity contribution in [3.63, 3.8) is 0 Å². The predicted molar refractivity (Wildman–Crippen MR) is 64.6 cm³/mol. The molecule has 0 aliphatic rings. The van der Waals surface area contributed by atoms with E-state index in [0.29, 0.717) is 6.54 Å². The number of nitrogens with zero attached hydrogens (tertiary/aromatic N) is 2. The van der Waals surface area contributed by atoms with E-state index in [2.05, 4.69) is 10.2 Å². The maximum absolute atomic E-state index is 5.58. The Morgan fingerprint density at radius 3 is 2.50 bits per heavy atom. The van der Waals surface area contributed by atoms with Crippen molar-refractivity contribution >= 4 is 11.3 Å². The van der Waals surface area contributed by atoms with Crippen molar-refractivity contribution in [1.29, 1.82) is 0 Å². The van der Waals surface area contributed by atoms with Crippen LogP contribution in [0.3, 0.4) is 0 Å². The van der Waals surface area contributed by atoms with Gasteiger partial charge in [-0.25, -0.2) is 0 Å². The minimum Gasteiger partial charge on any atom is -0.466 e. The van der Waals surface area contributed by atoms with E-state index in [9.17, 15) is 0 Å². The number of hydrogen-bond acceptors (Lipinski definition) is 5. The Bertz CT molecular complexity index is 501. The lowest BCUT2D eigenvalue weighted by Crippen LogP contribution is -2.01. The van der Waals surface area contributed by atoms with Crippen LogP contribution in [-0.4, -0.2) is 16.7 Å². The molecule has 0 saturated carbocycles. The summed E-state index contributed by atoms with van der Waals surface area (Å²) in [6.07, 6.45) is 0.784. The fourth-order valence-electron chi connectivity index (χ4n) is 1.69. The van der Waals surface area contributed by atoms with E-state index >= 15 is 0 Å². The molecule has 86 valence electrons. The molecule has 0 unspecified atom stereocenters. The van der Waals surface area contributed by atoms with Crippen molar-refractivity contribution in [1.82, 2.24) is 10.2 Å². The SMILES string of the molecule is Cc1oc(C)c(-c2nnc(CCN)s2)c1C. The van der Waals surface area contributed by atoms with Crippen molar-refractivity contribution in [2.24, 2.45) is 5.73 Å². The van der Waals surface area contributed by atoms with E-state index in [1.807, 2.05) is 20.8 Å². The Balaban J connectivity index is 2.42. The molecule has 2 heterocycles. The van der Waals surface area contributed by atoms with E-state index < -0.39 is 0 Å². The van der Waals surface area contributed by atoms with E-state index in [1.165, 1.54) is 0 Å². The predicted octanol–water partition coefficient (Wildman–Crippen LogP) is 2.22. The fourth-order valence-corrected chi connectivity index (χ4v) is 2.69. The van der Waals surface area contributed by atoms with E-state index in [4.69, 9.17) is 10.2 Å². The minimum atomic E-state index is 0.608. The van der Waals surface area contributed by atoms with Crippen LogP contribution in [0, 0.1) is 20.8 Å². The summed E-state index contributed by atoms with van der Waals surface area (Å²) in [6.45, 7) is 6.58. The highest BCUT2D eigenvalue weighted by Gasteiger charge is 2.16. The molecule has 2 aromatic rings. The third kappa shape index (κ3) is 1.88. The molecule has 0 saturated heterocycles. The molecule has 0 aromatic carbocycles. The smallest absolute Gasteiger partial charge is 0.151 e. The first-order valence-corrected chi connectivity index (χ1v) is 6.04. The number of rotatable bonds is 3. The molecule has 0 atom stereocenters. The van der Waals surface area contributed by atoms with Gasteiger partial charge >= 0.3 is 0 Å². The Labute approximate surface area is 98.5 Å². The number of furan rings is 1. The lowest BCUT2D eigenvalue weighted by atomic mass is 10.1. The molecule has 0 aliphatic heterocycles. The lowest BCUT2D eigenvalue weighted by Gasteiger charge is -1.93. The van der Waals surface area contributed by atoms with Gasteiger partial charge in [-0.15, -0.1) is 10.2 Å². The monoisotopic (exact) mass is 237 g/mol. The summed E-state index contributed by atoms with van der Waals surface area (Å²) < 4.78 is 5.58. The number of hydrogen-bond donors (Lipinski definition) is 1. The second kappa shape index (κ2) is 4.35. The Kier molecular flexibility index (Phi) is 3.07. The van der Waals surface area contributed by atoms with E-state index in [0.717, 1.165) is 39.1 Å². The van der Waals surface area contributed by atoms with Crippen molar-refractivity contribution in [3.8, 4) is 10.6 Å². The third-order valence-electron chi connectivity index (χ3n) is 2.60. The number of aromatic nitrogens is 2. The van der Waals surface area contributed by atoms with E-state index in [1.54, 1.807) is 11.3 Å². The maximum atomic E-state index is 5.58. The van der Waals surface area contributed by atoms with Gasteiger partial charge in [-0.3, -0.25) is 0 Å². The van der Waals surface area contributed by atoms with Crippen LogP contribution in [0.2, 0.25) is 0 Å². The second-order valence-corrected chi connectivity index (χ2v) is 4.82. The molecule has 0 fully saturated rings. The van der Waals surface area contributed by atoms with Crippen LogP contribution in [0.1, 0.15) is 22.1 Å². The van der Waals surface area contributed by atoms with Crippen LogP contribution in [0.4, 0.5) is 0 Å². The van der Waals surface area contributed by atoms with Crippen LogP contribution in [0.25, 0.3) is 10.6 Å². The Morgan fingerprint density at radius 1 is 1.19 bits per heavy atom. The molecule has 0 spiro atoms. The summed E-state index contributed by atoms with van der Waals surface area (Å²) in [5.41, 5.74) is 7.72. The van der Waals surface area contributed by atoms with Gasteiger partial charge in [-0.2, -0.15) is 0 Å². The molecule has 2 rings (SSSR count). The molecule has 0 bridgehead atoms. The van der Waals surface area contributed by atoms with Gasteiger partial charge in [0.2, 0.25) is 0 Å². The van der Waals surface area contributed by atoms with Crippen molar-refractivity contribution in [3.05, 3.63) is 22.1 Å². The highest BCUT2D eigenvalue weighted by atomic mass is 32.1. The van der Waals surface area contributed by atoms with Crippen LogP contribution >= 0.6 is 11.3 Å². The molecular formula is C11H15N3OS. The molecule has 0 radical (unpaired) electrons. The zero-order valence-corrected chi connectivity index (χ0v) is 10.5. The second-order valence-electron chi connectivity index (χ2n) is 3.75. The van der Waals surface area contributed by atoms with Crippen molar-refractivity contribution in [2.75, 3.05) is 6.54 Å². The van der Waals surface area contributed by atoms with Gasteiger partial charge in [0.25, 0.3) is 0 Å². The highest BCUT2D eigenvalue weighted by molar-refractivity contribution is 7.14. The van der Waals surface area contributed by atoms with E-state index in [-0.39, 0.29) is 0 Å². The maximum Gasteiger partial charge on any atom is 0.151 e. The molecule has 0 amide bonds. The molecular weight excluding hydrogens is 222 g/mol. The van der Waals surface area contributed by atoms with Crippen LogP contribution < -0.4 is 5.73 Å². The summed E-state index contributed by atoms with van der Waals surface area (Å²) in [5.74, 6) is 1.86. The number of nitrogens with two attached hydrogens (primary N) is 1. The Morgan fingerprint density at radius 2 is 1.94 bits per heavy atom. The number of aryl methyl sites for hydroxylation is 2. The highest BCUT2D eigenvalue weighted by Crippen LogP contribution is 2.33. The van der Waals surface area contributed by atoms with Gasteiger partial charge in [0.05, 0.1) is 5.56 Å². The first-order valence-electron chi connectivity index (χ1n) is 5.23. The quantitative estimate of drug-likeness (QED) is 0.889. The van der Waals surface area contributed by atoms with Crippen LogP contribution in [-0.2, 0) is 6.42 Å². The first kappa shape index (κ1) is 11.3. The van der Waals surface area contributed by atoms with Crippen LogP contribution in [0.15, 0.2) is 4.42 Å². The summed E-state index contributed by atoms with van der Waals surface area (Å²) in [5, 5.41) is 10.2. The van der Waals surface area contributed by atoms with Crippen molar-refractivity contribution in [2.45, 2.75) is 27.2 Å². The summed E-state index contributed by atoms with van der Waals surface area (Å²) in [6, 6.07) is 0. The first-order chi connectivity index (χ1) is 7.63. The van der Waals surface area contributed by atoms with Gasteiger partial charge in [-0.1, -0.05) is 11.3 Å². The molecule has 2 N–H and O–H groups in total. The van der Waals surface area contributed by atoms with Gasteiger partial charge in [0, 0.05) is 12.0 Å². The zero-order valence-electron chi connectivity index (χ0n) is 9.70. The standard InChI is InChI=1S/C11H15N3OS/c1-6-7(2)15-8(3)10(6)11-14-13-9(16-11)4-5-12/h4-5,12H2,1-3H3. The largest absolute Gasteiger partial charge is 0.466 e. The molecule has 2 aromatic heterocycles. The topological polar surface area (TPSA) is 64.9 Å². The van der Waals surface area contributed by atoms with Gasteiger partial charge < -0.3 is 10.2 Å². The fraction of sp³-hybridized carbons (Fsp3) is 0.455. The molecule has 5 heteroatoms. The summed E-state index contributed by atoms with van der Waals surface area (Å²) >= 11 is 1.59.